The van der Waals surface area contributed by atoms with Crippen molar-refractivity contribution in [3.63, 3.8) is 0 Å². The van der Waals surface area contributed by atoms with Gasteiger partial charge in [-0.2, -0.15) is 4.98 Å². The highest BCUT2D eigenvalue weighted by Gasteiger charge is 2.18. The molecule has 0 spiro atoms. The molecule has 1 aliphatic carbocycles. The van der Waals surface area contributed by atoms with Crippen molar-refractivity contribution in [2.24, 2.45) is 0 Å². The third-order valence-corrected chi connectivity index (χ3v) is 7.41. The quantitative estimate of drug-likeness (QED) is 0.530. The highest BCUT2D eigenvalue weighted by Crippen LogP contribution is 2.31. The second kappa shape index (κ2) is 10.8. The fraction of sp³-hybridized carbons (Fsp3) is 0.520. The first-order valence-electron chi connectivity index (χ1n) is 12.2. The van der Waals surface area contributed by atoms with Crippen LogP contribution in [0, 0.1) is 6.92 Å². The van der Waals surface area contributed by atoms with Gasteiger partial charge in [-0.05, 0) is 57.4 Å². The molecule has 5 rings (SSSR count). The average molecular weight is 480 g/mol. The maximum absolute atomic E-state index is 6.10. The van der Waals surface area contributed by atoms with Gasteiger partial charge in [-0.3, -0.25) is 4.90 Å². The van der Waals surface area contributed by atoms with E-state index in [0.717, 1.165) is 72.8 Å². The van der Waals surface area contributed by atoms with Crippen LogP contribution in [0.3, 0.4) is 0 Å². The van der Waals surface area contributed by atoms with Gasteiger partial charge >= 0.3 is 6.01 Å². The molecule has 0 radical (unpaired) electrons. The summed E-state index contributed by atoms with van der Waals surface area (Å²) >= 11 is 1.56. The molecule has 4 heterocycles. The zero-order valence-electron chi connectivity index (χ0n) is 20.0. The number of nitrogens with one attached hydrogen (secondary N) is 1. The van der Waals surface area contributed by atoms with Crippen LogP contribution in [0.1, 0.15) is 43.4 Å². The lowest BCUT2D eigenvalue weighted by molar-refractivity contribution is 0.142. The van der Waals surface area contributed by atoms with Crippen LogP contribution in [0.5, 0.6) is 6.01 Å². The first kappa shape index (κ1) is 23.1. The Balaban J connectivity index is 1.21. The molecule has 1 saturated carbocycles. The Bertz CT molecular complexity index is 1070. The van der Waals surface area contributed by atoms with Gasteiger partial charge in [-0.15, -0.1) is 0 Å². The topological polar surface area (TPSA) is 79.3 Å². The van der Waals surface area contributed by atoms with Gasteiger partial charge in [-0.25, -0.2) is 15.0 Å². The number of aryl methyl sites for hydroxylation is 1. The number of anilines is 2. The van der Waals surface area contributed by atoms with Crippen LogP contribution < -0.4 is 10.1 Å². The molecule has 0 amide bonds. The Morgan fingerprint density at radius 1 is 1.03 bits per heavy atom. The van der Waals surface area contributed by atoms with E-state index in [1.807, 2.05) is 31.5 Å². The first-order chi connectivity index (χ1) is 16.6. The maximum Gasteiger partial charge on any atom is 0.317 e. The highest BCUT2D eigenvalue weighted by atomic mass is 32.1. The van der Waals surface area contributed by atoms with E-state index in [0.29, 0.717) is 6.01 Å². The molecule has 0 unspecified atom stereocenters. The van der Waals surface area contributed by atoms with Crippen molar-refractivity contribution in [2.45, 2.75) is 51.7 Å². The summed E-state index contributed by atoms with van der Waals surface area (Å²) in [5.41, 5.74) is 2.98. The Morgan fingerprint density at radius 2 is 1.85 bits per heavy atom. The fourth-order valence-corrected chi connectivity index (χ4v) is 5.25. The zero-order valence-corrected chi connectivity index (χ0v) is 20.9. The van der Waals surface area contributed by atoms with Gasteiger partial charge in [0, 0.05) is 50.8 Å². The van der Waals surface area contributed by atoms with Gasteiger partial charge in [0.05, 0.1) is 10.6 Å². The van der Waals surface area contributed by atoms with Crippen molar-refractivity contribution in [3.8, 4) is 16.6 Å². The van der Waals surface area contributed by atoms with Crippen molar-refractivity contribution in [1.29, 1.82) is 0 Å². The van der Waals surface area contributed by atoms with Gasteiger partial charge in [-0.1, -0.05) is 23.8 Å². The summed E-state index contributed by atoms with van der Waals surface area (Å²) in [6, 6.07) is 6.63. The second-order valence-electron chi connectivity index (χ2n) is 9.34. The minimum Gasteiger partial charge on any atom is -0.460 e. The van der Waals surface area contributed by atoms with Gasteiger partial charge in [0.2, 0.25) is 0 Å². The van der Waals surface area contributed by atoms with Crippen molar-refractivity contribution in [1.82, 2.24) is 29.7 Å². The van der Waals surface area contributed by atoms with E-state index >= 15 is 0 Å². The number of nitrogens with zero attached hydrogens (tertiary/aromatic N) is 6. The van der Waals surface area contributed by atoms with E-state index in [2.05, 4.69) is 48.2 Å². The van der Waals surface area contributed by atoms with Crippen molar-refractivity contribution >= 4 is 22.3 Å². The smallest absolute Gasteiger partial charge is 0.317 e. The molecular weight excluding hydrogens is 446 g/mol. The number of hydrogen-bond donors (Lipinski definition) is 1. The summed E-state index contributed by atoms with van der Waals surface area (Å²) in [5.74, 6) is 0.795. The van der Waals surface area contributed by atoms with E-state index < -0.39 is 0 Å². The Morgan fingerprint density at radius 3 is 2.62 bits per heavy atom. The summed E-state index contributed by atoms with van der Waals surface area (Å²) in [6.07, 6.45) is 9.94. The Labute approximate surface area is 205 Å². The summed E-state index contributed by atoms with van der Waals surface area (Å²) in [4.78, 5) is 24.2. The summed E-state index contributed by atoms with van der Waals surface area (Å²) in [7, 11) is 2.18. The van der Waals surface area contributed by atoms with E-state index in [9.17, 15) is 0 Å². The maximum atomic E-state index is 6.10. The van der Waals surface area contributed by atoms with Crippen LogP contribution >= 0.6 is 11.3 Å². The Hall–Kier alpha value is -2.62. The predicted octanol–water partition coefficient (Wildman–Crippen LogP) is 4.51. The van der Waals surface area contributed by atoms with Crippen molar-refractivity contribution < 1.29 is 4.74 Å². The molecule has 34 heavy (non-hydrogen) atoms. The van der Waals surface area contributed by atoms with Crippen LogP contribution in [0.25, 0.3) is 10.6 Å². The predicted molar refractivity (Wildman–Crippen MR) is 136 cm³/mol. The fourth-order valence-electron chi connectivity index (χ4n) is 4.47. The van der Waals surface area contributed by atoms with Gasteiger partial charge in [0.25, 0.3) is 0 Å². The molecule has 2 fully saturated rings. The second-order valence-corrected chi connectivity index (χ2v) is 10.4. The average Bonchev–Trinajstić information content (AvgIpc) is 3.31. The lowest BCUT2D eigenvalue weighted by Gasteiger charge is -2.32. The number of piperazine rings is 1. The summed E-state index contributed by atoms with van der Waals surface area (Å²) in [6.45, 7) is 7.38. The number of pyridine rings is 1. The molecule has 0 atom stereocenters. The molecule has 0 bridgehead atoms. The lowest BCUT2D eigenvalue weighted by atomic mass is 9.98. The molecule has 180 valence electrons. The third-order valence-electron chi connectivity index (χ3n) is 6.48. The SMILES string of the molecule is Cc1cc(-c2cnc(Nc3ccc(CN4CCN(C)CC4)cn3)s2)nc(OC2CCCCC2)n1. The molecule has 8 nitrogen and oxygen atoms in total. The Kier molecular flexibility index (Phi) is 7.32. The van der Waals surface area contributed by atoms with Crippen LogP contribution in [0.2, 0.25) is 0 Å². The van der Waals surface area contributed by atoms with Crippen molar-refractivity contribution in [2.75, 3.05) is 38.5 Å². The number of likely N-dealkylation sites (N-methyl/N-ethyl adjacent to an activating group) is 1. The molecule has 1 N–H and O–H groups in total. The molecule has 0 aromatic carbocycles. The number of hydrogen-bond acceptors (Lipinski definition) is 9. The van der Waals surface area contributed by atoms with E-state index in [4.69, 9.17) is 4.74 Å². The lowest BCUT2D eigenvalue weighted by Crippen LogP contribution is -2.43. The van der Waals surface area contributed by atoms with Gasteiger partial charge in [0.1, 0.15) is 11.9 Å². The number of rotatable bonds is 7. The molecule has 3 aromatic rings. The number of thiazole rings is 1. The van der Waals surface area contributed by atoms with Crippen LogP contribution in [-0.2, 0) is 6.54 Å². The van der Waals surface area contributed by atoms with Crippen LogP contribution in [0.15, 0.2) is 30.6 Å². The number of ether oxygens (including phenoxy) is 1. The summed E-state index contributed by atoms with van der Waals surface area (Å²) < 4.78 is 6.10. The minimum absolute atomic E-state index is 0.229. The highest BCUT2D eigenvalue weighted by molar-refractivity contribution is 7.18. The molecule has 1 aliphatic heterocycles. The van der Waals surface area contributed by atoms with Crippen molar-refractivity contribution in [3.05, 3.63) is 41.9 Å². The molecule has 3 aromatic heterocycles. The zero-order chi connectivity index (χ0) is 23.3. The minimum atomic E-state index is 0.229. The standard InChI is InChI=1S/C25H33N7OS/c1-18-14-21(29-24(28-18)33-20-6-4-3-5-7-20)22-16-27-25(34-22)30-23-9-8-19(15-26-23)17-32-12-10-31(2)11-13-32/h8-9,14-16,20H,3-7,10-13,17H2,1-2H3,(H,26,27,30). The van der Waals surface area contributed by atoms with E-state index in [1.54, 1.807) is 11.3 Å². The monoisotopic (exact) mass is 479 g/mol. The molecular formula is C25H33N7OS. The summed E-state index contributed by atoms with van der Waals surface area (Å²) in [5, 5.41) is 4.12. The largest absolute Gasteiger partial charge is 0.460 e. The van der Waals surface area contributed by atoms with E-state index in [1.165, 1.54) is 24.8 Å². The number of aromatic nitrogens is 4. The molecule has 1 saturated heterocycles. The van der Waals surface area contributed by atoms with Gasteiger partial charge in [0.15, 0.2) is 5.13 Å². The normalized spacial score (nSPS) is 18.2. The molecule has 2 aliphatic rings. The van der Waals surface area contributed by atoms with Crippen LogP contribution in [0.4, 0.5) is 10.9 Å². The molecule has 9 heteroatoms. The van der Waals surface area contributed by atoms with Gasteiger partial charge < -0.3 is 15.0 Å². The first-order valence-corrected chi connectivity index (χ1v) is 13.0. The third kappa shape index (κ3) is 6.08. The van der Waals surface area contributed by atoms with E-state index in [-0.39, 0.29) is 6.10 Å². The van der Waals surface area contributed by atoms with Crippen LogP contribution in [-0.4, -0.2) is 69.1 Å².